The first-order chi connectivity index (χ1) is 10.7. The summed E-state index contributed by atoms with van der Waals surface area (Å²) in [4.78, 5) is 16.1. The molecule has 0 aromatic carbocycles. The molecule has 0 aliphatic carbocycles. The molecule has 0 unspecified atom stereocenters. The zero-order chi connectivity index (χ0) is 17.2. The highest BCUT2D eigenvalue weighted by Crippen LogP contribution is 2.24. The molecule has 2 saturated heterocycles. The van der Waals surface area contributed by atoms with Crippen molar-refractivity contribution in [3.8, 4) is 0 Å². The lowest BCUT2D eigenvalue weighted by atomic mass is 10.1. The summed E-state index contributed by atoms with van der Waals surface area (Å²) in [7, 11) is -3.40. The van der Waals surface area contributed by atoms with Gasteiger partial charge in [-0.2, -0.15) is 4.31 Å². The molecule has 0 bridgehead atoms. The predicted molar refractivity (Wildman–Crippen MR) is 82.8 cm³/mol. The van der Waals surface area contributed by atoms with Crippen molar-refractivity contribution in [2.45, 2.75) is 44.7 Å². The van der Waals surface area contributed by atoms with E-state index in [0.717, 1.165) is 6.26 Å². The monoisotopic (exact) mass is 353 g/mol. The first-order valence-electron chi connectivity index (χ1n) is 8.01. The van der Waals surface area contributed by atoms with E-state index >= 15 is 0 Å². The molecule has 134 valence electrons. The highest BCUT2D eigenvalue weighted by Gasteiger charge is 2.40. The summed E-state index contributed by atoms with van der Waals surface area (Å²) in [5, 5.41) is 0. The Morgan fingerprint density at radius 1 is 1.26 bits per heavy atom. The molecule has 2 fully saturated rings. The van der Waals surface area contributed by atoms with Gasteiger partial charge in [-0.05, 0) is 19.3 Å². The van der Waals surface area contributed by atoms with Crippen LogP contribution in [0.2, 0.25) is 0 Å². The normalized spacial score (nSPS) is 27.8. The second-order valence-electron chi connectivity index (χ2n) is 6.26. The van der Waals surface area contributed by atoms with Gasteiger partial charge in [0.05, 0.1) is 12.8 Å². The molecular weight excluding hydrogens is 328 g/mol. The summed E-state index contributed by atoms with van der Waals surface area (Å²) in [5.74, 6) is -0.192. The minimum Gasteiger partial charge on any atom is -0.338 e. The Labute approximate surface area is 136 Å². The molecule has 0 aromatic rings. The Morgan fingerprint density at radius 3 is 2.52 bits per heavy atom. The van der Waals surface area contributed by atoms with Crippen molar-refractivity contribution in [1.29, 1.82) is 0 Å². The summed E-state index contributed by atoms with van der Waals surface area (Å²) < 4.78 is 50.1. The van der Waals surface area contributed by atoms with Crippen molar-refractivity contribution < 1.29 is 22.0 Å². The van der Waals surface area contributed by atoms with Crippen LogP contribution >= 0.6 is 0 Å². The van der Waals surface area contributed by atoms with Crippen LogP contribution < -0.4 is 0 Å². The minimum atomic E-state index is -3.40. The first kappa shape index (κ1) is 18.5. The van der Waals surface area contributed by atoms with E-state index in [2.05, 4.69) is 0 Å². The van der Waals surface area contributed by atoms with E-state index in [9.17, 15) is 22.0 Å². The Balaban J connectivity index is 2.04. The number of nitrogens with zero attached hydrogens (tertiary/aromatic N) is 3. The Bertz CT molecular complexity index is 529. The molecule has 0 spiro atoms. The fourth-order valence-electron chi connectivity index (χ4n) is 3.49. The Kier molecular flexibility index (Phi) is 5.96. The van der Waals surface area contributed by atoms with Gasteiger partial charge in [-0.1, -0.05) is 6.92 Å². The van der Waals surface area contributed by atoms with E-state index in [4.69, 9.17) is 0 Å². The molecule has 1 amide bonds. The lowest BCUT2D eigenvalue weighted by Crippen LogP contribution is -2.58. The Hall–Kier alpha value is -0.800. The molecule has 6 nitrogen and oxygen atoms in total. The molecule has 0 radical (unpaired) electrons. The van der Waals surface area contributed by atoms with Crippen LogP contribution in [0.15, 0.2) is 0 Å². The molecule has 0 aromatic heterocycles. The van der Waals surface area contributed by atoms with Crippen molar-refractivity contribution in [2.75, 3.05) is 39.0 Å². The lowest BCUT2D eigenvalue weighted by Gasteiger charge is -2.42. The molecule has 0 saturated carbocycles. The van der Waals surface area contributed by atoms with Gasteiger partial charge >= 0.3 is 0 Å². The largest absolute Gasteiger partial charge is 0.338 e. The van der Waals surface area contributed by atoms with Gasteiger partial charge in [-0.25, -0.2) is 17.2 Å². The second kappa shape index (κ2) is 7.40. The third-order valence-corrected chi connectivity index (χ3v) is 5.96. The van der Waals surface area contributed by atoms with Gasteiger partial charge in [-0.15, -0.1) is 0 Å². The third kappa shape index (κ3) is 4.39. The highest BCUT2D eigenvalue weighted by atomic mass is 32.2. The summed E-state index contributed by atoms with van der Waals surface area (Å²) >= 11 is 0. The van der Waals surface area contributed by atoms with Gasteiger partial charge in [0.2, 0.25) is 15.9 Å². The SMILES string of the molecule is CC[C@H]1CN(C(=O)[C@H]2CCCN2S(C)(=O)=O)CCN1CC(F)F. The van der Waals surface area contributed by atoms with Gasteiger partial charge < -0.3 is 4.90 Å². The van der Waals surface area contributed by atoms with Gasteiger partial charge in [-0.3, -0.25) is 9.69 Å². The number of halogens is 2. The molecule has 0 N–H and O–H groups in total. The number of amides is 1. The number of carbonyl (C=O) groups excluding carboxylic acids is 1. The van der Waals surface area contributed by atoms with Crippen molar-refractivity contribution in [3.05, 3.63) is 0 Å². The standard InChI is InChI=1S/C14H25F2N3O3S/c1-3-11-9-18(8-7-17(11)10-13(15)16)14(20)12-5-4-6-19(12)23(2,21)22/h11-13H,3-10H2,1-2H3/t11-,12+/m0/s1. The maximum atomic E-state index is 12.7. The number of carbonyl (C=O) groups is 1. The number of piperazine rings is 1. The van der Waals surface area contributed by atoms with Crippen molar-refractivity contribution >= 4 is 15.9 Å². The fourth-order valence-corrected chi connectivity index (χ4v) is 4.61. The molecule has 2 heterocycles. The van der Waals surface area contributed by atoms with Crippen LogP contribution in [0.4, 0.5) is 8.78 Å². The predicted octanol–water partition coefficient (Wildman–Crippen LogP) is 0.598. The number of rotatable bonds is 5. The number of hydrogen-bond acceptors (Lipinski definition) is 4. The molecule has 2 aliphatic heterocycles. The molecule has 9 heteroatoms. The summed E-state index contributed by atoms with van der Waals surface area (Å²) in [6.45, 7) is 3.17. The summed E-state index contributed by atoms with van der Waals surface area (Å²) in [5.41, 5.74) is 0. The minimum absolute atomic E-state index is 0.102. The molecule has 2 rings (SSSR count). The average Bonchev–Trinajstić information content (AvgIpc) is 2.96. The van der Waals surface area contributed by atoms with Crippen molar-refractivity contribution in [3.63, 3.8) is 0 Å². The van der Waals surface area contributed by atoms with E-state index < -0.39 is 22.5 Å². The van der Waals surface area contributed by atoms with Crippen LogP contribution in [0.25, 0.3) is 0 Å². The summed E-state index contributed by atoms with van der Waals surface area (Å²) in [6.07, 6.45) is 0.610. The van der Waals surface area contributed by atoms with E-state index in [1.807, 2.05) is 6.92 Å². The third-order valence-electron chi connectivity index (χ3n) is 4.67. The first-order valence-corrected chi connectivity index (χ1v) is 9.86. The number of alkyl halides is 2. The van der Waals surface area contributed by atoms with Crippen LogP contribution in [0.3, 0.4) is 0 Å². The van der Waals surface area contributed by atoms with Gasteiger partial charge in [0.25, 0.3) is 6.43 Å². The smallest absolute Gasteiger partial charge is 0.251 e. The van der Waals surface area contributed by atoms with Crippen molar-refractivity contribution in [1.82, 2.24) is 14.1 Å². The topological polar surface area (TPSA) is 60.9 Å². The maximum Gasteiger partial charge on any atom is 0.251 e. The number of sulfonamides is 1. The fraction of sp³-hybridized carbons (Fsp3) is 0.929. The Morgan fingerprint density at radius 2 is 1.96 bits per heavy atom. The van der Waals surface area contributed by atoms with Crippen LogP contribution in [-0.2, 0) is 14.8 Å². The molecular formula is C14H25F2N3O3S. The maximum absolute atomic E-state index is 12.7. The van der Waals surface area contributed by atoms with E-state index in [-0.39, 0.29) is 18.5 Å². The van der Waals surface area contributed by atoms with Crippen molar-refractivity contribution in [2.24, 2.45) is 0 Å². The van der Waals surface area contributed by atoms with E-state index in [1.54, 1.807) is 9.80 Å². The molecule has 2 atom stereocenters. The lowest BCUT2D eigenvalue weighted by molar-refractivity contribution is -0.138. The van der Waals surface area contributed by atoms with E-state index in [0.29, 0.717) is 45.4 Å². The van der Waals surface area contributed by atoms with Gasteiger partial charge in [0.1, 0.15) is 6.04 Å². The quantitative estimate of drug-likeness (QED) is 0.726. The van der Waals surface area contributed by atoms with E-state index in [1.165, 1.54) is 4.31 Å². The van der Waals surface area contributed by atoms with Crippen LogP contribution in [0.5, 0.6) is 0 Å². The number of hydrogen-bond donors (Lipinski definition) is 0. The van der Waals surface area contributed by atoms with Crippen LogP contribution in [-0.4, -0.2) is 85.9 Å². The van der Waals surface area contributed by atoms with Gasteiger partial charge in [0, 0.05) is 32.2 Å². The van der Waals surface area contributed by atoms with Gasteiger partial charge in [0.15, 0.2) is 0 Å². The summed E-state index contributed by atoms with van der Waals surface area (Å²) in [6, 6.07) is -0.737. The van der Waals surface area contributed by atoms with Crippen LogP contribution in [0, 0.1) is 0 Å². The second-order valence-corrected chi connectivity index (χ2v) is 8.20. The van der Waals surface area contributed by atoms with Crippen LogP contribution in [0.1, 0.15) is 26.2 Å². The molecule has 2 aliphatic rings. The highest BCUT2D eigenvalue weighted by molar-refractivity contribution is 7.88. The average molecular weight is 353 g/mol. The zero-order valence-corrected chi connectivity index (χ0v) is 14.4. The molecule has 23 heavy (non-hydrogen) atoms. The zero-order valence-electron chi connectivity index (χ0n) is 13.6.